The molecule has 5 nitrogen and oxygen atoms in total. The van der Waals surface area contributed by atoms with E-state index >= 15 is 0 Å². The van der Waals surface area contributed by atoms with Gasteiger partial charge in [0, 0.05) is 44.4 Å². The molecule has 0 fully saturated rings. The van der Waals surface area contributed by atoms with Crippen molar-refractivity contribution in [1.29, 1.82) is 0 Å². The Labute approximate surface area is 276 Å². The fourth-order valence-corrected chi connectivity index (χ4v) is 7.21. The van der Waals surface area contributed by atoms with Crippen LogP contribution in [0.4, 0.5) is 0 Å². The molecule has 224 valence electrons. The second kappa shape index (κ2) is 10.5. The normalized spacial score (nSPS) is 11.8. The molecular weight excluding hydrogens is 587 g/mol. The number of hydrogen-bond acceptors (Lipinski definition) is 3. The molecular formula is C43H27N5. The molecule has 0 N–H and O–H groups in total. The zero-order valence-corrected chi connectivity index (χ0v) is 25.8. The van der Waals surface area contributed by atoms with E-state index in [9.17, 15) is 0 Å². The van der Waals surface area contributed by atoms with Crippen molar-refractivity contribution in [3.8, 4) is 34.0 Å². The molecule has 0 spiro atoms. The first kappa shape index (κ1) is 26.6. The molecule has 0 bridgehead atoms. The quantitative estimate of drug-likeness (QED) is 0.198. The van der Waals surface area contributed by atoms with Crippen LogP contribution in [-0.4, -0.2) is 24.1 Å². The van der Waals surface area contributed by atoms with Gasteiger partial charge >= 0.3 is 0 Å². The van der Waals surface area contributed by atoms with Gasteiger partial charge in [0.1, 0.15) is 5.65 Å². The largest absolute Gasteiger partial charge is 0.309 e. The van der Waals surface area contributed by atoms with E-state index in [2.05, 4.69) is 130 Å². The molecule has 0 aliphatic carbocycles. The smallest absolute Gasteiger partial charge is 0.237 e. The summed E-state index contributed by atoms with van der Waals surface area (Å²) in [7, 11) is 0. The van der Waals surface area contributed by atoms with E-state index in [4.69, 9.17) is 15.0 Å². The average Bonchev–Trinajstić information content (AvgIpc) is 3.67. The second-order valence-corrected chi connectivity index (χ2v) is 12.1. The van der Waals surface area contributed by atoms with Crippen LogP contribution in [-0.2, 0) is 0 Å². The molecule has 0 amide bonds. The molecule has 10 rings (SSSR count). The topological polar surface area (TPSA) is 48.5 Å². The highest BCUT2D eigenvalue weighted by atomic mass is 15.2. The van der Waals surface area contributed by atoms with Crippen molar-refractivity contribution in [1.82, 2.24) is 24.1 Å². The summed E-state index contributed by atoms with van der Waals surface area (Å²) >= 11 is 0. The zero-order chi connectivity index (χ0) is 31.6. The summed E-state index contributed by atoms with van der Waals surface area (Å²) in [5, 5.41) is 5.68. The maximum atomic E-state index is 5.20. The molecule has 4 aromatic heterocycles. The highest BCUT2D eigenvalue weighted by Gasteiger charge is 2.19. The van der Waals surface area contributed by atoms with E-state index in [0.717, 1.165) is 60.9 Å². The maximum Gasteiger partial charge on any atom is 0.237 e. The standard InChI is InChI=1S/C43H27N5/c1-3-12-28(13-4-1)41-35-17-7-9-19-37(35)45-43(46-41)48-39-24-22-29(26-36(39)34-18-11-25-44-42(34)48)30-21-23-33-32-16-8-10-20-38(32)47(40(33)27-30)31-14-5-2-6-15-31/h1-27H. The Morgan fingerprint density at radius 1 is 0.396 bits per heavy atom. The lowest BCUT2D eigenvalue weighted by Gasteiger charge is -2.11. The summed E-state index contributed by atoms with van der Waals surface area (Å²) in [5.74, 6) is 0.604. The molecule has 5 heteroatoms. The summed E-state index contributed by atoms with van der Waals surface area (Å²) in [6.07, 6.45) is 1.84. The first-order valence-electron chi connectivity index (χ1n) is 16.1. The van der Waals surface area contributed by atoms with Gasteiger partial charge in [-0.1, -0.05) is 103 Å². The van der Waals surface area contributed by atoms with Crippen LogP contribution >= 0.6 is 0 Å². The third-order valence-corrected chi connectivity index (χ3v) is 9.39. The van der Waals surface area contributed by atoms with Gasteiger partial charge in [-0.2, -0.15) is 0 Å². The number of pyridine rings is 1. The van der Waals surface area contributed by atoms with Gasteiger partial charge in [0.15, 0.2) is 0 Å². The SMILES string of the molecule is c1ccc(-c2nc(-n3c4ccc(-c5ccc6c7ccccc7n(-c7ccccc7)c6c5)cc4c4cccnc43)nc3ccccc23)cc1. The predicted octanol–water partition coefficient (Wildman–Crippen LogP) is 10.6. The fraction of sp³-hybridized carbons (Fsp3) is 0. The van der Waals surface area contributed by atoms with E-state index in [1.54, 1.807) is 0 Å². The van der Waals surface area contributed by atoms with Gasteiger partial charge in [-0.25, -0.2) is 15.0 Å². The van der Waals surface area contributed by atoms with E-state index in [1.807, 2.05) is 42.6 Å². The average molecular weight is 614 g/mol. The number of nitrogens with zero attached hydrogens (tertiary/aromatic N) is 5. The highest BCUT2D eigenvalue weighted by Crippen LogP contribution is 2.38. The number of hydrogen-bond donors (Lipinski definition) is 0. The Kier molecular flexibility index (Phi) is 5.81. The van der Waals surface area contributed by atoms with Crippen molar-refractivity contribution < 1.29 is 0 Å². The fourth-order valence-electron chi connectivity index (χ4n) is 7.21. The molecule has 0 saturated heterocycles. The third-order valence-electron chi connectivity index (χ3n) is 9.39. The second-order valence-electron chi connectivity index (χ2n) is 12.1. The van der Waals surface area contributed by atoms with E-state index in [-0.39, 0.29) is 0 Å². The van der Waals surface area contributed by atoms with E-state index < -0.39 is 0 Å². The summed E-state index contributed by atoms with van der Waals surface area (Å²) < 4.78 is 4.47. The van der Waals surface area contributed by atoms with Gasteiger partial charge in [-0.05, 0) is 65.7 Å². The van der Waals surface area contributed by atoms with Crippen molar-refractivity contribution in [3.63, 3.8) is 0 Å². The van der Waals surface area contributed by atoms with Crippen LogP contribution in [0.25, 0.3) is 88.7 Å². The summed E-state index contributed by atoms with van der Waals surface area (Å²) in [5.41, 5.74) is 10.5. The van der Waals surface area contributed by atoms with Gasteiger partial charge < -0.3 is 4.57 Å². The van der Waals surface area contributed by atoms with Gasteiger partial charge in [0.2, 0.25) is 5.95 Å². The Balaban J connectivity index is 1.20. The molecule has 0 radical (unpaired) electrons. The van der Waals surface area contributed by atoms with Crippen LogP contribution in [0.5, 0.6) is 0 Å². The van der Waals surface area contributed by atoms with Crippen molar-refractivity contribution >= 4 is 54.6 Å². The number of para-hydroxylation sites is 3. The molecule has 0 aliphatic rings. The minimum absolute atomic E-state index is 0.604. The monoisotopic (exact) mass is 613 g/mol. The van der Waals surface area contributed by atoms with Crippen molar-refractivity contribution in [2.24, 2.45) is 0 Å². The highest BCUT2D eigenvalue weighted by molar-refractivity contribution is 6.12. The van der Waals surface area contributed by atoms with Crippen LogP contribution in [0.3, 0.4) is 0 Å². The van der Waals surface area contributed by atoms with Gasteiger partial charge in [-0.3, -0.25) is 4.57 Å². The maximum absolute atomic E-state index is 5.20. The Morgan fingerprint density at radius 2 is 1.06 bits per heavy atom. The van der Waals surface area contributed by atoms with E-state index in [0.29, 0.717) is 5.95 Å². The summed E-state index contributed by atoms with van der Waals surface area (Å²) in [6.45, 7) is 0. The summed E-state index contributed by atoms with van der Waals surface area (Å²) in [4.78, 5) is 15.2. The third kappa shape index (κ3) is 4.01. The number of rotatable bonds is 4. The minimum Gasteiger partial charge on any atom is -0.309 e. The van der Waals surface area contributed by atoms with Gasteiger partial charge in [0.25, 0.3) is 0 Å². The Hall–Kier alpha value is -6.59. The molecule has 0 saturated carbocycles. The van der Waals surface area contributed by atoms with Crippen LogP contribution in [0, 0.1) is 0 Å². The van der Waals surface area contributed by atoms with Crippen LogP contribution < -0.4 is 0 Å². The van der Waals surface area contributed by atoms with Gasteiger partial charge in [0.05, 0.1) is 27.8 Å². The van der Waals surface area contributed by atoms with Crippen LogP contribution in [0.1, 0.15) is 0 Å². The minimum atomic E-state index is 0.604. The lowest BCUT2D eigenvalue weighted by molar-refractivity contribution is 0.998. The van der Waals surface area contributed by atoms with E-state index in [1.165, 1.54) is 21.8 Å². The van der Waals surface area contributed by atoms with Crippen molar-refractivity contribution in [2.75, 3.05) is 0 Å². The zero-order valence-electron chi connectivity index (χ0n) is 25.8. The number of fused-ring (bicyclic) bond motifs is 7. The lowest BCUT2D eigenvalue weighted by Crippen LogP contribution is -2.04. The first-order valence-corrected chi connectivity index (χ1v) is 16.1. The molecule has 4 heterocycles. The molecule has 0 unspecified atom stereocenters. The first-order chi connectivity index (χ1) is 23.8. The lowest BCUT2D eigenvalue weighted by atomic mass is 10.0. The Morgan fingerprint density at radius 3 is 1.94 bits per heavy atom. The molecule has 6 aromatic carbocycles. The van der Waals surface area contributed by atoms with Crippen molar-refractivity contribution in [3.05, 3.63) is 164 Å². The molecule has 0 atom stereocenters. The van der Waals surface area contributed by atoms with Crippen LogP contribution in [0.15, 0.2) is 164 Å². The number of aromatic nitrogens is 5. The summed E-state index contributed by atoms with van der Waals surface area (Å²) in [6, 6.07) is 55.4. The number of benzene rings is 6. The molecule has 0 aliphatic heterocycles. The van der Waals surface area contributed by atoms with Gasteiger partial charge in [-0.15, -0.1) is 0 Å². The molecule has 48 heavy (non-hydrogen) atoms. The predicted molar refractivity (Wildman–Crippen MR) is 197 cm³/mol. The van der Waals surface area contributed by atoms with Crippen molar-refractivity contribution in [2.45, 2.75) is 0 Å². The molecule has 10 aromatic rings. The van der Waals surface area contributed by atoms with Crippen LogP contribution in [0.2, 0.25) is 0 Å². The Bertz CT molecular complexity index is 2830.